The minimum absolute atomic E-state index is 0.129. The molecule has 3 nitrogen and oxygen atoms in total. The van der Waals surface area contributed by atoms with Crippen LogP contribution in [0.25, 0.3) is 0 Å². The molecule has 1 N–H and O–H groups in total. The molecule has 2 rings (SSSR count). The van der Waals surface area contributed by atoms with Gasteiger partial charge in [0.15, 0.2) is 0 Å². The van der Waals surface area contributed by atoms with Crippen LogP contribution in [-0.2, 0) is 0 Å². The molecule has 0 radical (unpaired) electrons. The predicted octanol–water partition coefficient (Wildman–Crippen LogP) is 2.52. The van der Waals surface area contributed by atoms with E-state index in [9.17, 15) is 9.18 Å². The Hall–Kier alpha value is -0.400. The van der Waals surface area contributed by atoms with Gasteiger partial charge in [0.05, 0.1) is 10.6 Å². The van der Waals surface area contributed by atoms with E-state index in [2.05, 4.69) is 5.32 Å². The maximum absolute atomic E-state index is 13.3. The van der Waals surface area contributed by atoms with Crippen molar-refractivity contribution < 1.29 is 9.18 Å². The first kappa shape index (κ1) is 14.0. The van der Waals surface area contributed by atoms with Gasteiger partial charge in [0, 0.05) is 22.7 Å². The summed E-state index contributed by atoms with van der Waals surface area (Å²) in [7, 11) is 1.88. The average Bonchev–Trinajstić information content (AvgIpc) is 2.81. The molecule has 1 aromatic rings. The highest BCUT2D eigenvalue weighted by Crippen LogP contribution is 2.24. The van der Waals surface area contributed by atoms with Gasteiger partial charge in [0.25, 0.3) is 5.91 Å². The van der Waals surface area contributed by atoms with Crippen molar-refractivity contribution in [3.8, 4) is 0 Å². The average molecular weight is 383 g/mol. The number of nitrogens with zero attached hydrogens (tertiary/aromatic N) is 1. The molecule has 1 fully saturated rings. The van der Waals surface area contributed by atoms with E-state index >= 15 is 0 Å². The van der Waals surface area contributed by atoms with Crippen LogP contribution in [0, 0.1) is 9.39 Å². The number of likely N-dealkylation sites (N-methyl/N-ethyl adjacent to an activating group) is 1. The molecule has 0 bridgehead atoms. The molecule has 1 saturated heterocycles. The number of halogens is 3. The summed E-state index contributed by atoms with van der Waals surface area (Å²) in [6.45, 7) is 1.37. The van der Waals surface area contributed by atoms with Gasteiger partial charge < -0.3 is 10.2 Å². The van der Waals surface area contributed by atoms with E-state index in [1.54, 1.807) is 4.90 Å². The summed E-state index contributed by atoms with van der Waals surface area (Å²) in [4.78, 5) is 14.0. The molecule has 1 aliphatic rings. The van der Waals surface area contributed by atoms with Gasteiger partial charge in [-0.25, -0.2) is 4.39 Å². The SMILES string of the molecule is CNC1CCN(C(=O)c2cc(I)c(F)cc2Cl)C1. The summed E-state index contributed by atoms with van der Waals surface area (Å²) >= 11 is 7.80. The fourth-order valence-electron chi connectivity index (χ4n) is 2.04. The Morgan fingerprint density at radius 1 is 1.61 bits per heavy atom. The molecule has 1 atom stereocenters. The monoisotopic (exact) mass is 382 g/mol. The van der Waals surface area contributed by atoms with Crippen molar-refractivity contribution in [3.05, 3.63) is 32.1 Å². The summed E-state index contributed by atoms with van der Waals surface area (Å²) in [6, 6.07) is 3.03. The van der Waals surface area contributed by atoms with Crippen LogP contribution in [0.4, 0.5) is 4.39 Å². The number of amides is 1. The van der Waals surface area contributed by atoms with Crippen LogP contribution in [0.3, 0.4) is 0 Å². The van der Waals surface area contributed by atoms with E-state index in [1.807, 2.05) is 29.6 Å². The Morgan fingerprint density at radius 3 is 2.94 bits per heavy atom. The lowest BCUT2D eigenvalue weighted by Crippen LogP contribution is -2.33. The van der Waals surface area contributed by atoms with Gasteiger partial charge in [-0.3, -0.25) is 4.79 Å². The minimum Gasteiger partial charge on any atom is -0.337 e. The first-order valence-electron chi connectivity index (χ1n) is 5.64. The zero-order valence-electron chi connectivity index (χ0n) is 9.84. The molecule has 1 aromatic carbocycles. The molecule has 1 unspecified atom stereocenters. The molecular weight excluding hydrogens is 370 g/mol. The quantitative estimate of drug-likeness (QED) is 0.630. The molecule has 1 aliphatic heterocycles. The van der Waals surface area contributed by atoms with Gasteiger partial charge in [-0.2, -0.15) is 0 Å². The maximum Gasteiger partial charge on any atom is 0.255 e. The maximum atomic E-state index is 13.3. The van der Waals surface area contributed by atoms with E-state index in [-0.39, 0.29) is 10.9 Å². The first-order chi connectivity index (χ1) is 8.52. The molecule has 0 saturated carbocycles. The summed E-state index contributed by atoms with van der Waals surface area (Å²) < 4.78 is 13.7. The van der Waals surface area contributed by atoms with E-state index in [0.717, 1.165) is 6.42 Å². The van der Waals surface area contributed by atoms with Gasteiger partial charge in [-0.05, 0) is 48.2 Å². The van der Waals surface area contributed by atoms with Crippen LogP contribution in [-0.4, -0.2) is 37.0 Å². The van der Waals surface area contributed by atoms with Gasteiger partial charge in [-0.1, -0.05) is 11.6 Å². The molecule has 18 heavy (non-hydrogen) atoms. The van der Waals surface area contributed by atoms with E-state index < -0.39 is 5.82 Å². The predicted molar refractivity (Wildman–Crippen MR) is 77.5 cm³/mol. The third kappa shape index (κ3) is 2.78. The van der Waals surface area contributed by atoms with Crippen LogP contribution in [0.5, 0.6) is 0 Å². The Kier molecular flexibility index (Phi) is 4.45. The van der Waals surface area contributed by atoms with Crippen molar-refractivity contribution in [2.24, 2.45) is 0 Å². The zero-order chi connectivity index (χ0) is 13.3. The number of carbonyl (C=O) groups excluding carboxylic acids is 1. The van der Waals surface area contributed by atoms with Crippen molar-refractivity contribution in [1.29, 1.82) is 0 Å². The molecule has 0 spiro atoms. The molecule has 0 aromatic heterocycles. The van der Waals surface area contributed by atoms with Crippen molar-refractivity contribution in [2.75, 3.05) is 20.1 Å². The number of carbonyl (C=O) groups is 1. The number of nitrogens with one attached hydrogen (secondary N) is 1. The summed E-state index contributed by atoms with van der Waals surface area (Å²) in [5.74, 6) is -0.526. The highest BCUT2D eigenvalue weighted by Gasteiger charge is 2.27. The fraction of sp³-hybridized carbons (Fsp3) is 0.417. The highest BCUT2D eigenvalue weighted by atomic mass is 127. The highest BCUT2D eigenvalue weighted by molar-refractivity contribution is 14.1. The molecule has 0 aliphatic carbocycles. The third-order valence-corrected chi connectivity index (χ3v) is 4.26. The van der Waals surface area contributed by atoms with Crippen LogP contribution in [0.2, 0.25) is 5.02 Å². The fourth-order valence-corrected chi connectivity index (χ4v) is 2.74. The molecular formula is C12H13ClFIN2O. The van der Waals surface area contributed by atoms with E-state index in [4.69, 9.17) is 11.6 Å². The molecule has 6 heteroatoms. The van der Waals surface area contributed by atoms with Crippen LogP contribution < -0.4 is 5.32 Å². The Balaban J connectivity index is 2.22. The summed E-state index contributed by atoms with van der Waals surface area (Å²) in [5, 5.41) is 3.32. The lowest BCUT2D eigenvalue weighted by molar-refractivity contribution is 0.0790. The second kappa shape index (κ2) is 5.71. The lowest BCUT2D eigenvalue weighted by Gasteiger charge is -2.17. The van der Waals surface area contributed by atoms with Gasteiger partial charge in [0.1, 0.15) is 5.82 Å². The Morgan fingerprint density at radius 2 is 2.33 bits per heavy atom. The van der Waals surface area contributed by atoms with Crippen molar-refractivity contribution in [1.82, 2.24) is 10.2 Å². The largest absolute Gasteiger partial charge is 0.337 e. The first-order valence-corrected chi connectivity index (χ1v) is 7.09. The summed E-state index contributed by atoms with van der Waals surface area (Å²) in [5.41, 5.74) is 0.374. The number of benzene rings is 1. The van der Waals surface area contributed by atoms with Crippen molar-refractivity contribution in [2.45, 2.75) is 12.5 Å². The van der Waals surface area contributed by atoms with Crippen LogP contribution >= 0.6 is 34.2 Å². The smallest absolute Gasteiger partial charge is 0.255 e. The van der Waals surface area contributed by atoms with Crippen LogP contribution in [0.1, 0.15) is 16.8 Å². The van der Waals surface area contributed by atoms with Gasteiger partial charge >= 0.3 is 0 Å². The topological polar surface area (TPSA) is 32.3 Å². The standard InChI is InChI=1S/C12H13ClFIN2O/c1-16-7-2-3-17(6-7)12(18)8-4-11(15)10(14)5-9(8)13/h4-5,7,16H,2-3,6H2,1H3. The number of hydrogen-bond donors (Lipinski definition) is 1. The Labute approximate surface area is 124 Å². The molecule has 1 heterocycles. The second-order valence-electron chi connectivity index (χ2n) is 4.27. The van der Waals surface area contributed by atoms with E-state index in [0.29, 0.717) is 28.3 Å². The minimum atomic E-state index is -0.397. The number of rotatable bonds is 2. The zero-order valence-corrected chi connectivity index (χ0v) is 12.8. The summed E-state index contributed by atoms with van der Waals surface area (Å²) in [6.07, 6.45) is 0.929. The molecule has 98 valence electrons. The third-order valence-electron chi connectivity index (χ3n) is 3.12. The van der Waals surface area contributed by atoms with Crippen molar-refractivity contribution >= 4 is 40.1 Å². The van der Waals surface area contributed by atoms with Crippen LogP contribution in [0.15, 0.2) is 12.1 Å². The number of hydrogen-bond acceptors (Lipinski definition) is 2. The second-order valence-corrected chi connectivity index (χ2v) is 5.84. The van der Waals surface area contributed by atoms with Gasteiger partial charge in [0.2, 0.25) is 0 Å². The number of likely N-dealkylation sites (tertiary alicyclic amines) is 1. The normalized spacial score (nSPS) is 19.3. The lowest BCUT2D eigenvalue weighted by atomic mass is 10.2. The Bertz CT molecular complexity index is 483. The van der Waals surface area contributed by atoms with Gasteiger partial charge in [-0.15, -0.1) is 0 Å². The van der Waals surface area contributed by atoms with E-state index in [1.165, 1.54) is 12.1 Å². The molecule has 1 amide bonds. The van der Waals surface area contributed by atoms with Crippen molar-refractivity contribution in [3.63, 3.8) is 0 Å².